The molecule has 0 aromatic carbocycles. The van der Waals surface area contributed by atoms with Crippen molar-refractivity contribution in [3.05, 3.63) is 0 Å². The quantitative estimate of drug-likeness (QED) is 0.274. The van der Waals surface area contributed by atoms with Gasteiger partial charge >= 0.3 is 0 Å². The van der Waals surface area contributed by atoms with Crippen LogP contribution in [0, 0.1) is 5.92 Å². The molecule has 0 bridgehead atoms. The van der Waals surface area contributed by atoms with Crippen molar-refractivity contribution < 1.29 is 10.3 Å². The van der Waals surface area contributed by atoms with Crippen LogP contribution in [-0.4, -0.2) is 70.8 Å². The van der Waals surface area contributed by atoms with Crippen LogP contribution in [0.4, 0.5) is 0 Å². The maximum Gasteiger partial charge on any atom is 0.143 e. The number of β-amino-alcohol motifs (C(OH)–C–C–N with tert-alkyl or cyclic N) is 1. The van der Waals surface area contributed by atoms with E-state index in [1.54, 1.807) is 0 Å². The molecule has 1 aliphatic heterocycles. The Morgan fingerprint density at radius 1 is 1.28 bits per heavy atom. The number of oxime groups is 1. The minimum Gasteiger partial charge on any atom is -0.409 e. The molecule has 1 fully saturated rings. The van der Waals surface area contributed by atoms with Crippen molar-refractivity contribution in [1.29, 1.82) is 0 Å². The van der Waals surface area contributed by atoms with Crippen molar-refractivity contribution in [3.63, 3.8) is 0 Å². The molecule has 0 aromatic heterocycles. The van der Waals surface area contributed by atoms with Gasteiger partial charge in [0.2, 0.25) is 0 Å². The van der Waals surface area contributed by atoms with Gasteiger partial charge in [-0.3, -0.25) is 4.90 Å². The highest BCUT2D eigenvalue weighted by molar-refractivity contribution is 5.82. The van der Waals surface area contributed by atoms with E-state index in [4.69, 9.17) is 10.9 Å². The van der Waals surface area contributed by atoms with Crippen molar-refractivity contribution in [2.75, 3.05) is 39.3 Å². The molecule has 1 atom stereocenters. The topological polar surface area (TPSA) is 85.3 Å². The second kappa shape index (κ2) is 6.36. The molecule has 1 aliphatic rings. The number of piperazine rings is 1. The lowest BCUT2D eigenvalue weighted by molar-refractivity contribution is 0.0170. The van der Waals surface area contributed by atoms with Crippen LogP contribution in [0.3, 0.4) is 0 Å². The summed E-state index contributed by atoms with van der Waals surface area (Å²) in [5.74, 6) is 0.352. The van der Waals surface area contributed by atoms with Gasteiger partial charge in [0.1, 0.15) is 5.84 Å². The van der Waals surface area contributed by atoms with E-state index >= 15 is 0 Å². The van der Waals surface area contributed by atoms with Crippen LogP contribution in [0.1, 0.15) is 20.8 Å². The van der Waals surface area contributed by atoms with E-state index in [9.17, 15) is 5.11 Å². The fourth-order valence-corrected chi connectivity index (χ4v) is 2.26. The summed E-state index contributed by atoms with van der Waals surface area (Å²) >= 11 is 0. The van der Waals surface area contributed by atoms with Gasteiger partial charge in [0, 0.05) is 45.2 Å². The van der Waals surface area contributed by atoms with Gasteiger partial charge in [-0.2, -0.15) is 0 Å². The average Bonchev–Trinajstić information content (AvgIpc) is 2.28. The van der Waals surface area contributed by atoms with Crippen LogP contribution in [0.5, 0.6) is 0 Å². The Kier molecular flexibility index (Phi) is 5.37. The van der Waals surface area contributed by atoms with Gasteiger partial charge < -0.3 is 20.9 Å². The molecule has 0 radical (unpaired) electrons. The van der Waals surface area contributed by atoms with E-state index in [1.807, 2.05) is 20.8 Å². The summed E-state index contributed by atoms with van der Waals surface area (Å²) in [5.41, 5.74) is 4.94. The molecule has 0 saturated carbocycles. The lowest BCUT2D eigenvalue weighted by Gasteiger charge is -2.38. The lowest BCUT2D eigenvalue weighted by Crippen LogP contribution is -2.51. The first-order valence-corrected chi connectivity index (χ1v) is 6.46. The minimum absolute atomic E-state index is 0.0656. The number of nitrogens with zero attached hydrogens (tertiary/aromatic N) is 3. The molecule has 4 N–H and O–H groups in total. The van der Waals surface area contributed by atoms with E-state index in [0.29, 0.717) is 6.54 Å². The molecule has 0 spiro atoms. The predicted molar refractivity (Wildman–Crippen MR) is 71.8 cm³/mol. The zero-order chi connectivity index (χ0) is 13.8. The van der Waals surface area contributed by atoms with E-state index < -0.39 is 5.60 Å². The van der Waals surface area contributed by atoms with E-state index in [1.165, 1.54) is 0 Å². The van der Waals surface area contributed by atoms with E-state index in [-0.39, 0.29) is 11.8 Å². The van der Waals surface area contributed by atoms with Crippen molar-refractivity contribution in [1.82, 2.24) is 9.80 Å². The molecule has 6 nitrogen and oxygen atoms in total. The fourth-order valence-electron chi connectivity index (χ4n) is 2.26. The van der Waals surface area contributed by atoms with Gasteiger partial charge in [-0.1, -0.05) is 12.1 Å². The molecule has 0 aliphatic carbocycles. The predicted octanol–water partition coefficient (Wildman–Crippen LogP) is -0.243. The van der Waals surface area contributed by atoms with Crippen molar-refractivity contribution >= 4 is 5.84 Å². The number of hydrogen-bond acceptors (Lipinski definition) is 5. The molecule has 1 heterocycles. The van der Waals surface area contributed by atoms with E-state index in [2.05, 4.69) is 15.0 Å². The Bertz CT molecular complexity index is 280. The molecule has 0 amide bonds. The summed E-state index contributed by atoms with van der Waals surface area (Å²) in [6.07, 6.45) is 0. The Hall–Kier alpha value is -0.850. The molecular formula is C12H26N4O2. The largest absolute Gasteiger partial charge is 0.409 e. The fraction of sp³-hybridized carbons (Fsp3) is 0.917. The highest BCUT2D eigenvalue weighted by Gasteiger charge is 2.23. The van der Waals surface area contributed by atoms with Crippen LogP contribution in [0.15, 0.2) is 5.16 Å². The first-order chi connectivity index (χ1) is 8.31. The molecule has 106 valence electrons. The first kappa shape index (κ1) is 15.2. The second-order valence-corrected chi connectivity index (χ2v) is 5.82. The van der Waals surface area contributed by atoms with Gasteiger partial charge in [-0.25, -0.2) is 0 Å². The summed E-state index contributed by atoms with van der Waals surface area (Å²) in [4.78, 5) is 4.58. The summed E-state index contributed by atoms with van der Waals surface area (Å²) in [7, 11) is 0. The van der Waals surface area contributed by atoms with Crippen molar-refractivity contribution in [3.8, 4) is 0 Å². The van der Waals surface area contributed by atoms with Gasteiger partial charge in [0.25, 0.3) is 0 Å². The monoisotopic (exact) mass is 258 g/mol. The van der Waals surface area contributed by atoms with Crippen LogP contribution in [0.2, 0.25) is 0 Å². The number of nitrogens with two attached hydrogens (primary N) is 1. The Morgan fingerprint density at radius 2 is 1.78 bits per heavy atom. The lowest BCUT2D eigenvalue weighted by atomic mass is 10.1. The number of amidine groups is 1. The number of aliphatic hydroxyl groups is 1. The third-order valence-electron chi connectivity index (χ3n) is 3.23. The van der Waals surface area contributed by atoms with Crippen molar-refractivity contribution in [2.45, 2.75) is 26.4 Å². The normalized spacial score (nSPS) is 22.1. The zero-order valence-electron chi connectivity index (χ0n) is 11.6. The van der Waals surface area contributed by atoms with E-state index in [0.717, 1.165) is 32.7 Å². The van der Waals surface area contributed by atoms with Gasteiger partial charge in [0.15, 0.2) is 0 Å². The maximum absolute atomic E-state index is 9.77. The summed E-state index contributed by atoms with van der Waals surface area (Å²) in [6, 6.07) is 0. The molecule has 1 saturated heterocycles. The summed E-state index contributed by atoms with van der Waals surface area (Å²) in [6.45, 7) is 11.0. The van der Waals surface area contributed by atoms with Gasteiger partial charge in [-0.05, 0) is 13.8 Å². The Morgan fingerprint density at radius 3 is 2.22 bits per heavy atom. The zero-order valence-corrected chi connectivity index (χ0v) is 11.6. The van der Waals surface area contributed by atoms with Gasteiger partial charge in [0.05, 0.1) is 5.60 Å². The van der Waals surface area contributed by atoms with Crippen LogP contribution in [-0.2, 0) is 0 Å². The van der Waals surface area contributed by atoms with Crippen molar-refractivity contribution in [2.24, 2.45) is 16.8 Å². The Balaban J connectivity index is 2.31. The summed E-state index contributed by atoms with van der Waals surface area (Å²) in [5, 5.41) is 21.4. The highest BCUT2D eigenvalue weighted by atomic mass is 16.4. The number of rotatable bonds is 5. The molecule has 6 heteroatoms. The standard InChI is InChI=1S/C12H26N4O2/c1-10(11(13)14-18)8-15-4-6-16(7-5-15)9-12(2,3)17/h10,17-18H,4-9H2,1-3H3,(H2,13,14). The first-order valence-electron chi connectivity index (χ1n) is 6.46. The third-order valence-corrected chi connectivity index (χ3v) is 3.23. The van der Waals surface area contributed by atoms with Crippen LogP contribution in [0.25, 0.3) is 0 Å². The highest BCUT2D eigenvalue weighted by Crippen LogP contribution is 2.10. The second-order valence-electron chi connectivity index (χ2n) is 5.82. The SMILES string of the molecule is CC(CN1CCN(CC(C)(C)O)CC1)C(N)=NO. The molecule has 1 unspecified atom stereocenters. The minimum atomic E-state index is -0.635. The number of hydrogen-bond donors (Lipinski definition) is 3. The third kappa shape index (κ3) is 5.20. The Labute approximate surface area is 109 Å². The molecule has 1 rings (SSSR count). The average molecular weight is 258 g/mol. The molecular weight excluding hydrogens is 232 g/mol. The van der Waals surface area contributed by atoms with Crippen LogP contribution < -0.4 is 5.73 Å². The summed E-state index contributed by atoms with van der Waals surface area (Å²) < 4.78 is 0. The maximum atomic E-state index is 9.77. The smallest absolute Gasteiger partial charge is 0.143 e. The molecule has 18 heavy (non-hydrogen) atoms. The van der Waals surface area contributed by atoms with Gasteiger partial charge in [-0.15, -0.1) is 0 Å². The van der Waals surface area contributed by atoms with Crippen LogP contribution >= 0.6 is 0 Å². The molecule has 0 aromatic rings.